The van der Waals surface area contributed by atoms with Crippen LogP contribution in [0.2, 0.25) is 0 Å². The van der Waals surface area contributed by atoms with E-state index in [9.17, 15) is 0 Å². The number of benzene rings is 1. The Kier molecular flexibility index (Phi) is 7.28. The third kappa shape index (κ3) is 4.13. The molecule has 3 heteroatoms. The van der Waals surface area contributed by atoms with Gasteiger partial charge in [-0.15, -0.1) is 0 Å². The average molecular weight is 207 g/mol. The molecule has 0 aliphatic carbocycles. The van der Waals surface area contributed by atoms with Crippen LogP contribution >= 0.6 is 0 Å². The van der Waals surface area contributed by atoms with Gasteiger partial charge in [-0.1, -0.05) is 38.1 Å². The molecule has 1 rings (SSSR count). The zero-order valence-corrected chi connectivity index (χ0v) is 10.0. The molecule has 0 radical (unpaired) electrons. The lowest BCUT2D eigenvalue weighted by Gasteiger charge is -2.05. The zero-order chi connectivity index (χ0) is 11.7. The Balaban J connectivity index is 0.000000921. The maximum Gasteiger partial charge on any atom is 0.127 e. The summed E-state index contributed by atoms with van der Waals surface area (Å²) in [6.07, 6.45) is 0. The van der Waals surface area contributed by atoms with Crippen molar-refractivity contribution < 1.29 is 0 Å². The summed E-state index contributed by atoms with van der Waals surface area (Å²) in [6, 6.07) is 8.05. The summed E-state index contributed by atoms with van der Waals surface area (Å²) in [7, 11) is 3.63. The molecule has 0 fully saturated rings. The summed E-state index contributed by atoms with van der Waals surface area (Å²) < 4.78 is 0. The lowest BCUT2D eigenvalue weighted by Crippen LogP contribution is -2.19. The number of nitrogens with one attached hydrogen (secondary N) is 1. The van der Waals surface area contributed by atoms with Gasteiger partial charge in [0.05, 0.1) is 0 Å². The first-order valence-corrected chi connectivity index (χ1v) is 5.25. The quantitative estimate of drug-likeness (QED) is 0.573. The molecule has 0 aliphatic heterocycles. The van der Waals surface area contributed by atoms with Crippen LogP contribution in [0.3, 0.4) is 0 Å². The maximum absolute atomic E-state index is 5.50. The largest absolute Gasteiger partial charge is 0.373 e. The average Bonchev–Trinajstić information content (AvgIpc) is 2.34. The summed E-state index contributed by atoms with van der Waals surface area (Å²) in [5.74, 6) is 0.892. The van der Waals surface area contributed by atoms with Gasteiger partial charge in [0, 0.05) is 26.2 Å². The molecular weight excluding hydrogens is 186 g/mol. The van der Waals surface area contributed by atoms with Crippen molar-refractivity contribution in [2.24, 2.45) is 10.7 Å². The molecule has 3 N–H and O–H groups in total. The predicted octanol–water partition coefficient (Wildman–Crippen LogP) is 1.77. The summed E-state index contributed by atoms with van der Waals surface area (Å²) in [5, 5.41) is 3.02. The lowest BCUT2D eigenvalue weighted by atomic mass is 10.1. The Morgan fingerprint density at radius 2 is 1.80 bits per heavy atom. The number of rotatable bonds is 2. The van der Waals surface area contributed by atoms with Crippen LogP contribution in [0.25, 0.3) is 0 Å². The van der Waals surface area contributed by atoms with Crippen molar-refractivity contribution in [2.75, 3.05) is 14.1 Å². The van der Waals surface area contributed by atoms with Crippen LogP contribution in [0.5, 0.6) is 0 Å². The monoisotopic (exact) mass is 207 g/mol. The topological polar surface area (TPSA) is 50.4 Å². The standard InChI is InChI=1S/C10H15N3.C2H6/c1-12-10(13-2)9-5-3-8(7-11)4-6-9;1-2/h3-6H,7,11H2,1-2H3,(H,12,13);1-2H3. The van der Waals surface area contributed by atoms with Gasteiger partial charge in [0.25, 0.3) is 0 Å². The van der Waals surface area contributed by atoms with E-state index < -0.39 is 0 Å². The minimum absolute atomic E-state index is 0.582. The molecule has 0 spiro atoms. The highest BCUT2D eigenvalue weighted by Gasteiger charge is 1.98. The van der Waals surface area contributed by atoms with Crippen molar-refractivity contribution in [1.29, 1.82) is 0 Å². The van der Waals surface area contributed by atoms with Crippen molar-refractivity contribution >= 4 is 5.84 Å². The molecule has 0 saturated carbocycles. The zero-order valence-electron chi connectivity index (χ0n) is 10.0. The fourth-order valence-electron chi connectivity index (χ4n) is 1.18. The Hall–Kier alpha value is -1.35. The predicted molar refractivity (Wildman–Crippen MR) is 67.2 cm³/mol. The second-order valence-electron chi connectivity index (χ2n) is 2.72. The van der Waals surface area contributed by atoms with E-state index in [1.54, 1.807) is 7.05 Å². The van der Waals surface area contributed by atoms with Crippen LogP contribution in [0, 0.1) is 0 Å². The van der Waals surface area contributed by atoms with Gasteiger partial charge in [0.1, 0.15) is 5.84 Å². The number of nitrogens with zero attached hydrogens (tertiary/aromatic N) is 1. The van der Waals surface area contributed by atoms with Crippen molar-refractivity contribution in [3.8, 4) is 0 Å². The van der Waals surface area contributed by atoms with Gasteiger partial charge < -0.3 is 11.1 Å². The fraction of sp³-hybridized carbons (Fsp3) is 0.417. The van der Waals surface area contributed by atoms with E-state index in [4.69, 9.17) is 5.73 Å². The highest BCUT2D eigenvalue weighted by molar-refractivity contribution is 5.98. The molecule has 0 heterocycles. The minimum Gasteiger partial charge on any atom is -0.373 e. The Morgan fingerprint density at radius 1 is 1.27 bits per heavy atom. The smallest absolute Gasteiger partial charge is 0.127 e. The molecule has 0 aliphatic rings. The van der Waals surface area contributed by atoms with E-state index in [-0.39, 0.29) is 0 Å². The van der Waals surface area contributed by atoms with E-state index in [2.05, 4.69) is 10.3 Å². The molecule has 0 bridgehead atoms. The van der Waals surface area contributed by atoms with E-state index in [1.807, 2.05) is 45.2 Å². The molecule has 84 valence electrons. The molecule has 0 unspecified atom stereocenters. The SMILES string of the molecule is CC.CN=C(NC)c1ccc(CN)cc1. The molecule has 1 aromatic carbocycles. The lowest BCUT2D eigenvalue weighted by molar-refractivity contribution is 1.07. The molecular formula is C12H21N3. The van der Waals surface area contributed by atoms with Gasteiger partial charge in [-0.25, -0.2) is 0 Å². The van der Waals surface area contributed by atoms with Crippen LogP contribution in [0.4, 0.5) is 0 Å². The van der Waals surface area contributed by atoms with Gasteiger partial charge in [-0.05, 0) is 5.56 Å². The van der Waals surface area contributed by atoms with Gasteiger partial charge in [-0.2, -0.15) is 0 Å². The van der Waals surface area contributed by atoms with Crippen LogP contribution in [-0.2, 0) is 6.54 Å². The van der Waals surface area contributed by atoms with Crippen molar-refractivity contribution in [3.05, 3.63) is 35.4 Å². The van der Waals surface area contributed by atoms with Crippen molar-refractivity contribution in [1.82, 2.24) is 5.32 Å². The second kappa shape index (κ2) is 8.00. The Bertz CT molecular complexity index is 288. The molecule has 1 aromatic rings. The summed E-state index contributed by atoms with van der Waals surface area (Å²) in [5.41, 5.74) is 7.72. The minimum atomic E-state index is 0.582. The van der Waals surface area contributed by atoms with Gasteiger partial charge in [-0.3, -0.25) is 4.99 Å². The normalized spacial score (nSPS) is 10.3. The summed E-state index contributed by atoms with van der Waals surface area (Å²) in [4.78, 5) is 4.11. The van der Waals surface area contributed by atoms with Crippen LogP contribution in [0.15, 0.2) is 29.3 Å². The molecule has 0 saturated heterocycles. The number of hydrogen-bond acceptors (Lipinski definition) is 2. The number of amidine groups is 1. The van der Waals surface area contributed by atoms with E-state index in [0.29, 0.717) is 6.54 Å². The summed E-state index contributed by atoms with van der Waals surface area (Å²) in [6.45, 7) is 4.58. The van der Waals surface area contributed by atoms with Gasteiger partial charge in [0.2, 0.25) is 0 Å². The number of nitrogens with two attached hydrogens (primary N) is 1. The number of aliphatic imine (C=N–C) groups is 1. The highest BCUT2D eigenvalue weighted by Crippen LogP contribution is 2.03. The van der Waals surface area contributed by atoms with Crippen molar-refractivity contribution in [3.63, 3.8) is 0 Å². The maximum atomic E-state index is 5.50. The fourth-order valence-corrected chi connectivity index (χ4v) is 1.18. The highest BCUT2D eigenvalue weighted by atomic mass is 14.9. The molecule has 0 amide bonds. The van der Waals surface area contributed by atoms with E-state index in [0.717, 1.165) is 17.0 Å². The molecule has 15 heavy (non-hydrogen) atoms. The van der Waals surface area contributed by atoms with Gasteiger partial charge >= 0.3 is 0 Å². The van der Waals surface area contributed by atoms with Crippen LogP contribution < -0.4 is 11.1 Å². The van der Waals surface area contributed by atoms with Gasteiger partial charge in [0.15, 0.2) is 0 Å². The van der Waals surface area contributed by atoms with Crippen LogP contribution in [0.1, 0.15) is 25.0 Å². The first-order valence-electron chi connectivity index (χ1n) is 5.25. The van der Waals surface area contributed by atoms with Crippen LogP contribution in [-0.4, -0.2) is 19.9 Å². The molecule has 3 nitrogen and oxygen atoms in total. The summed E-state index contributed by atoms with van der Waals surface area (Å²) >= 11 is 0. The Labute approximate surface area is 92.4 Å². The second-order valence-corrected chi connectivity index (χ2v) is 2.72. The van der Waals surface area contributed by atoms with E-state index in [1.165, 1.54) is 0 Å². The van der Waals surface area contributed by atoms with Crippen molar-refractivity contribution in [2.45, 2.75) is 20.4 Å². The third-order valence-electron chi connectivity index (χ3n) is 1.92. The number of hydrogen-bond donors (Lipinski definition) is 2. The molecule has 0 aromatic heterocycles. The first-order chi connectivity index (χ1) is 7.31. The van der Waals surface area contributed by atoms with E-state index >= 15 is 0 Å². The Morgan fingerprint density at radius 3 is 2.13 bits per heavy atom. The third-order valence-corrected chi connectivity index (χ3v) is 1.92. The first kappa shape index (κ1) is 13.7. The molecule has 0 atom stereocenters.